The predicted molar refractivity (Wildman–Crippen MR) is 122 cm³/mol. The summed E-state index contributed by atoms with van der Waals surface area (Å²) in [5.74, 6) is 0.994. The summed E-state index contributed by atoms with van der Waals surface area (Å²) in [6.07, 6.45) is 2.43. The molecule has 0 heterocycles. The average molecular weight is 432 g/mol. The van der Waals surface area contributed by atoms with Gasteiger partial charge in [-0.25, -0.2) is 10.2 Å². The van der Waals surface area contributed by atoms with E-state index in [1.807, 2.05) is 6.92 Å². The van der Waals surface area contributed by atoms with E-state index in [-0.39, 0.29) is 5.91 Å². The Bertz CT molecular complexity index is 1060. The lowest BCUT2D eigenvalue weighted by molar-refractivity contribution is 0.0734. The molecule has 0 aliphatic carbocycles. The first-order valence-electron chi connectivity index (χ1n) is 10.1. The number of ether oxygens (including phenoxy) is 3. The lowest BCUT2D eigenvalue weighted by Crippen LogP contribution is -2.17. The Morgan fingerprint density at radius 3 is 2.06 bits per heavy atom. The van der Waals surface area contributed by atoms with Crippen molar-refractivity contribution in [1.82, 2.24) is 5.43 Å². The van der Waals surface area contributed by atoms with Crippen LogP contribution in [0, 0.1) is 0 Å². The molecule has 0 saturated heterocycles. The van der Waals surface area contributed by atoms with Gasteiger partial charge in [-0.05, 0) is 84.8 Å². The summed E-state index contributed by atoms with van der Waals surface area (Å²) in [5, 5.41) is 3.97. The van der Waals surface area contributed by atoms with Gasteiger partial charge in [-0.3, -0.25) is 4.79 Å². The fourth-order valence-electron chi connectivity index (χ4n) is 2.67. The molecule has 1 N–H and O–H groups in total. The first-order valence-corrected chi connectivity index (χ1v) is 10.1. The lowest BCUT2D eigenvalue weighted by Gasteiger charge is -2.06. The summed E-state index contributed by atoms with van der Waals surface area (Å²) in [6, 6.07) is 20.3. The Kier molecular flexibility index (Phi) is 7.97. The second-order valence-corrected chi connectivity index (χ2v) is 6.76. The van der Waals surface area contributed by atoms with Crippen molar-refractivity contribution in [2.75, 3.05) is 13.7 Å². The third kappa shape index (κ3) is 6.43. The second kappa shape index (κ2) is 11.3. The van der Waals surface area contributed by atoms with E-state index in [0.29, 0.717) is 29.2 Å². The number of benzene rings is 3. The molecule has 0 aromatic heterocycles. The zero-order valence-corrected chi connectivity index (χ0v) is 17.9. The van der Waals surface area contributed by atoms with Crippen LogP contribution < -0.4 is 19.6 Å². The van der Waals surface area contributed by atoms with Gasteiger partial charge in [0.15, 0.2) is 0 Å². The molecule has 0 bridgehead atoms. The number of hydrazone groups is 1. The normalized spacial score (nSPS) is 10.6. The average Bonchev–Trinajstić information content (AvgIpc) is 2.84. The topological polar surface area (TPSA) is 86.2 Å². The Hall–Kier alpha value is -4.13. The molecule has 0 saturated carbocycles. The van der Waals surface area contributed by atoms with Gasteiger partial charge in [-0.2, -0.15) is 5.10 Å². The van der Waals surface area contributed by atoms with Crippen molar-refractivity contribution in [1.29, 1.82) is 0 Å². The largest absolute Gasteiger partial charge is 0.497 e. The highest BCUT2D eigenvalue weighted by atomic mass is 16.5. The fourth-order valence-corrected chi connectivity index (χ4v) is 2.67. The number of carbonyl (C=O) groups is 2. The quantitative estimate of drug-likeness (QED) is 0.233. The highest BCUT2D eigenvalue weighted by Crippen LogP contribution is 2.16. The number of nitrogens with one attached hydrogen (secondary N) is 1. The first-order chi connectivity index (χ1) is 15.6. The van der Waals surface area contributed by atoms with Crippen LogP contribution in [0.2, 0.25) is 0 Å². The number of rotatable bonds is 9. The molecule has 0 atom stereocenters. The highest BCUT2D eigenvalue weighted by molar-refractivity contribution is 5.95. The van der Waals surface area contributed by atoms with Crippen molar-refractivity contribution < 1.29 is 23.8 Å². The molecule has 0 aliphatic heterocycles. The van der Waals surface area contributed by atoms with Gasteiger partial charge >= 0.3 is 5.97 Å². The third-order valence-electron chi connectivity index (χ3n) is 4.39. The molecule has 0 unspecified atom stereocenters. The van der Waals surface area contributed by atoms with Crippen molar-refractivity contribution >= 4 is 18.1 Å². The van der Waals surface area contributed by atoms with E-state index in [2.05, 4.69) is 10.5 Å². The van der Waals surface area contributed by atoms with Crippen molar-refractivity contribution in [2.45, 2.75) is 13.3 Å². The van der Waals surface area contributed by atoms with Gasteiger partial charge in [-0.1, -0.05) is 6.92 Å². The van der Waals surface area contributed by atoms with Gasteiger partial charge in [0.2, 0.25) is 0 Å². The zero-order valence-electron chi connectivity index (χ0n) is 17.9. The molecule has 1 amide bonds. The van der Waals surface area contributed by atoms with E-state index < -0.39 is 5.97 Å². The van der Waals surface area contributed by atoms with E-state index in [9.17, 15) is 9.59 Å². The van der Waals surface area contributed by atoms with E-state index in [0.717, 1.165) is 17.7 Å². The standard InChI is InChI=1S/C25H24N2O5/c1-3-16-31-22-14-6-19(7-15-22)24(28)27-26-17-18-4-10-23(11-5-18)32-25(29)20-8-12-21(30-2)13-9-20/h4-15,17H,3,16H2,1-2H3,(H,27,28)/b26-17-. The maximum atomic E-state index is 12.2. The van der Waals surface area contributed by atoms with Gasteiger partial charge in [0.1, 0.15) is 17.2 Å². The maximum absolute atomic E-state index is 12.2. The van der Waals surface area contributed by atoms with Gasteiger partial charge in [0.05, 0.1) is 25.5 Å². The van der Waals surface area contributed by atoms with E-state index >= 15 is 0 Å². The Morgan fingerprint density at radius 1 is 0.844 bits per heavy atom. The van der Waals surface area contributed by atoms with E-state index in [1.165, 1.54) is 6.21 Å². The van der Waals surface area contributed by atoms with Crippen molar-refractivity contribution in [3.63, 3.8) is 0 Å². The molecule has 164 valence electrons. The maximum Gasteiger partial charge on any atom is 0.343 e. The predicted octanol–water partition coefficient (Wildman–Crippen LogP) is 4.47. The summed E-state index contributed by atoms with van der Waals surface area (Å²) in [5.41, 5.74) is 4.11. The van der Waals surface area contributed by atoms with Crippen LogP contribution in [-0.4, -0.2) is 31.8 Å². The summed E-state index contributed by atoms with van der Waals surface area (Å²) in [4.78, 5) is 24.4. The molecule has 7 nitrogen and oxygen atoms in total. The molecule has 0 aliphatic rings. The van der Waals surface area contributed by atoms with Crippen LogP contribution in [0.5, 0.6) is 17.2 Å². The van der Waals surface area contributed by atoms with Crippen LogP contribution in [0.15, 0.2) is 77.9 Å². The first kappa shape index (κ1) is 22.6. The van der Waals surface area contributed by atoms with Crippen molar-refractivity contribution in [3.05, 3.63) is 89.5 Å². The fraction of sp³-hybridized carbons (Fsp3) is 0.160. The van der Waals surface area contributed by atoms with Crippen LogP contribution in [0.1, 0.15) is 39.6 Å². The Balaban J connectivity index is 1.51. The minimum absolute atomic E-state index is 0.326. The van der Waals surface area contributed by atoms with Gasteiger partial charge < -0.3 is 14.2 Å². The smallest absolute Gasteiger partial charge is 0.343 e. The summed E-state index contributed by atoms with van der Waals surface area (Å²) >= 11 is 0. The summed E-state index contributed by atoms with van der Waals surface area (Å²) in [6.45, 7) is 2.66. The molecular weight excluding hydrogens is 408 g/mol. The molecule has 3 aromatic rings. The van der Waals surface area contributed by atoms with E-state index in [1.54, 1.807) is 79.9 Å². The minimum atomic E-state index is -0.465. The Morgan fingerprint density at radius 2 is 1.44 bits per heavy atom. The second-order valence-electron chi connectivity index (χ2n) is 6.76. The number of amides is 1. The van der Waals surface area contributed by atoms with Crippen molar-refractivity contribution in [2.24, 2.45) is 5.10 Å². The SMILES string of the molecule is CCCOc1ccc(C(=O)N/N=C\c2ccc(OC(=O)c3ccc(OC)cc3)cc2)cc1. The third-order valence-corrected chi connectivity index (χ3v) is 4.39. The van der Waals surface area contributed by atoms with Gasteiger partial charge in [-0.15, -0.1) is 0 Å². The minimum Gasteiger partial charge on any atom is -0.497 e. The van der Waals surface area contributed by atoms with Gasteiger partial charge in [0, 0.05) is 5.56 Å². The molecular formula is C25H24N2O5. The monoisotopic (exact) mass is 432 g/mol. The number of nitrogens with zero attached hydrogens (tertiary/aromatic N) is 1. The molecule has 32 heavy (non-hydrogen) atoms. The van der Waals surface area contributed by atoms with Gasteiger partial charge in [0.25, 0.3) is 5.91 Å². The number of esters is 1. The molecule has 7 heteroatoms. The summed E-state index contributed by atoms with van der Waals surface area (Å²) < 4.78 is 15.9. The number of carbonyl (C=O) groups excluding carboxylic acids is 2. The molecule has 0 radical (unpaired) electrons. The number of hydrogen-bond donors (Lipinski definition) is 1. The molecule has 0 fully saturated rings. The van der Waals surface area contributed by atoms with Crippen LogP contribution in [-0.2, 0) is 0 Å². The summed E-state index contributed by atoms with van der Waals surface area (Å²) in [7, 11) is 1.56. The highest BCUT2D eigenvalue weighted by Gasteiger charge is 2.09. The van der Waals surface area contributed by atoms with Crippen LogP contribution in [0.3, 0.4) is 0 Å². The van der Waals surface area contributed by atoms with Crippen LogP contribution in [0.25, 0.3) is 0 Å². The molecule has 3 rings (SSSR count). The zero-order chi connectivity index (χ0) is 22.8. The van der Waals surface area contributed by atoms with Crippen LogP contribution >= 0.6 is 0 Å². The molecule has 0 spiro atoms. The number of methoxy groups -OCH3 is 1. The van der Waals surface area contributed by atoms with E-state index in [4.69, 9.17) is 14.2 Å². The lowest BCUT2D eigenvalue weighted by atomic mass is 10.2. The Labute approximate surface area is 186 Å². The number of hydrogen-bond acceptors (Lipinski definition) is 6. The van der Waals surface area contributed by atoms with Crippen molar-refractivity contribution in [3.8, 4) is 17.2 Å². The van der Waals surface area contributed by atoms with Crippen LogP contribution in [0.4, 0.5) is 0 Å². The molecule has 3 aromatic carbocycles.